The van der Waals surface area contributed by atoms with Crippen LogP contribution in [0.1, 0.15) is 49.4 Å². The predicted octanol–water partition coefficient (Wildman–Crippen LogP) is 4.48. The molecule has 2 aromatic carbocycles. The SMILES string of the molecule is CCCCN1C(=O)C(=O)/C(=C(\O)c2ccccc2OC)C1c1ccc(CC)cc1. The maximum absolute atomic E-state index is 13.0. The molecule has 1 heterocycles. The van der Waals surface area contributed by atoms with Crippen LogP contribution in [0.3, 0.4) is 0 Å². The third-order valence-electron chi connectivity index (χ3n) is 5.36. The summed E-state index contributed by atoms with van der Waals surface area (Å²) in [5.41, 5.74) is 2.50. The number of nitrogens with zero attached hydrogens (tertiary/aromatic N) is 1. The van der Waals surface area contributed by atoms with Crippen LogP contribution in [0.15, 0.2) is 54.1 Å². The number of amides is 1. The molecule has 0 aromatic heterocycles. The fraction of sp³-hybridized carbons (Fsp3) is 0.333. The molecule has 0 bridgehead atoms. The zero-order valence-electron chi connectivity index (χ0n) is 17.1. The van der Waals surface area contributed by atoms with Crippen molar-refractivity contribution in [3.8, 4) is 5.75 Å². The van der Waals surface area contributed by atoms with E-state index in [0.717, 1.165) is 24.8 Å². The first-order valence-electron chi connectivity index (χ1n) is 10.0. The van der Waals surface area contributed by atoms with Crippen molar-refractivity contribution in [2.75, 3.05) is 13.7 Å². The summed E-state index contributed by atoms with van der Waals surface area (Å²) in [4.78, 5) is 27.3. The fourth-order valence-electron chi connectivity index (χ4n) is 3.71. The van der Waals surface area contributed by atoms with Gasteiger partial charge in [0.25, 0.3) is 11.7 Å². The average Bonchev–Trinajstić information content (AvgIpc) is 3.01. The van der Waals surface area contributed by atoms with E-state index in [9.17, 15) is 14.7 Å². The molecule has 0 saturated carbocycles. The lowest BCUT2D eigenvalue weighted by atomic mass is 9.94. The molecule has 2 aromatic rings. The van der Waals surface area contributed by atoms with E-state index in [1.165, 1.54) is 12.7 Å². The third kappa shape index (κ3) is 3.90. The quantitative estimate of drug-likeness (QED) is 0.428. The number of aliphatic hydroxyl groups excluding tert-OH is 1. The molecule has 1 aliphatic rings. The van der Waals surface area contributed by atoms with Crippen LogP contribution in [0.5, 0.6) is 5.75 Å². The number of aryl methyl sites for hydroxylation is 1. The second-order valence-electron chi connectivity index (χ2n) is 7.14. The number of unbranched alkanes of at least 4 members (excludes halogenated alkanes) is 1. The lowest BCUT2D eigenvalue weighted by molar-refractivity contribution is -0.139. The number of methoxy groups -OCH3 is 1. The van der Waals surface area contributed by atoms with Crippen molar-refractivity contribution in [2.24, 2.45) is 0 Å². The summed E-state index contributed by atoms with van der Waals surface area (Å²) in [5, 5.41) is 11.1. The first-order valence-corrected chi connectivity index (χ1v) is 10.0. The molecule has 1 aliphatic heterocycles. The Kier molecular flexibility index (Phi) is 6.37. The van der Waals surface area contributed by atoms with Crippen molar-refractivity contribution in [3.05, 3.63) is 70.8 Å². The first-order chi connectivity index (χ1) is 14.0. The maximum Gasteiger partial charge on any atom is 0.295 e. The molecule has 1 amide bonds. The molecule has 1 N–H and O–H groups in total. The van der Waals surface area contributed by atoms with Gasteiger partial charge in [-0.1, -0.05) is 56.7 Å². The van der Waals surface area contributed by atoms with Crippen LogP contribution in [0.4, 0.5) is 0 Å². The van der Waals surface area contributed by atoms with Gasteiger partial charge in [0.1, 0.15) is 11.5 Å². The Morgan fingerprint density at radius 2 is 1.76 bits per heavy atom. The molecule has 0 aliphatic carbocycles. The van der Waals surface area contributed by atoms with E-state index in [-0.39, 0.29) is 11.3 Å². The number of Topliss-reactive ketones (excluding diaryl/α,β-unsaturated/α-hetero) is 1. The van der Waals surface area contributed by atoms with Crippen LogP contribution in [-0.2, 0) is 16.0 Å². The van der Waals surface area contributed by atoms with E-state index >= 15 is 0 Å². The highest BCUT2D eigenvalue weighted by atomic mass is 16.5. The Morgan fingerprint density at radius 1 is 1.07 bits per heavy atom. The second-order valence-corrected chi connectivity index (χ2v) is 7.14. The molecule has 5 nitrogen and oxygen atoms in total. The minimum absolute atomic E-state index is 0.111. The van der Waals surface area contributed by atoms with E-state index in [1.807, 2.05) is 31.2 Å². The van der Waals surface area contributed by atoms with E-state index in [1.54, 1.807) is 29.2 Å². The van der Waals surface area contributed by atoms with Gasteiger partial charge < -0.3 is 14.7 Å². The zero-order valence-corrected chi connectivity index (χ0v) is 17.1. The number of ketones is 1. The predicted molar refractivity (Wildman–Crippen MR) is 113 cm³/mol. The number of benzene rings is 2. The zero-order chi connectivity index (χ0) is 21.0. The van der Waals surface area contributed by atoms with E-state index in [0.29, 0.717) is 17.9 Å². The molecule has 1 fully saturated rings. The van der Waals surface area contributed by atoms with Gasteiger partial charge in [0, 0.05) is 6.54 Å². The van der Waals surface area contributed by atoms with Gasteiger partial charge in [0.15, 0.2) is 0 Å². The van der Waals surface area contributed by atoms with E-state index in [4.69, 9.17) is 4.74 Å². The largest absolute Gasteiger partial charge is 0.507 e. The lowest BCUT2D eigenvalue weighted by Crippen LogP contribution is -2.30. The number of hydrogen-bond acceptors (Lipinski definition) is 4. The number of aliphatic hydroxyl groups is 1. The summed E-state index contributed by atoms with van der Waals surface area (Å²) in [7, 11) is 1.51. The van der Waals surface area contributed by atoms with Crippen LogP contribution in [0.25, 0.3) is 5.76 Å². The summed E-state index contributed by atoms with van der Waals surface area (Å²) in [5.74, 6) is -0.984. The first kappa shape index (κ1) is 20.6. The molecule has 1 atom stereocenters. The van der Waals surface area contributed by atoms with Crippen molar-refractivity contribution in [1.82, 2.24) is 4.90 Å². The van der Waals surface area contributed by atoms with Crippen LogP contribution >= 0.6 is 0 Å². The number of para-hydroxylation sites is 1. The van der Waals surface area contributed by atoms with Crippen LogP contribution in [0.2, 0.25) is 0 Å². The Hall–Kier alpha value is -3.08. The summed E-state index contributed by atoms with van der Waals surface area (Å²) in [6.45, 7) is 4.57. The number of carbonyl (C=O) groups is 2. The molecular weight excluding hydrogens is 366 g/mol. The number of carbonyl (C=O) groups excluding carboxylic acids is 2. The van der Waals surface area contributed by atoms with Gasteiger partial charge in [0.2, 0.25) is 0 Å². The van der Waals surface area contributed by atoms with Gasteiger partial charge in [-0.2, -0.15) is 0 Å². The fourth-order valence-corrected chi connectivity index (χ4v) is 3.71. The molecule has 0 radical (unpaired) electrons. The molecule has 1 unspecified atom stereocenters. The summed E-state index contributed by atoms with van der Waals surface area (Å²) in [6.07, 6.45) is 2.58. The molecule has 152 valence electrons. The highest BCUT2D eigenvalue weighted by Crippen LogP contribution is 2.41. The van der Waals surface area contributed by atoms with Crippen molar-refractivity contribution < 1.29 is 19.4 Å². The Labute approximate surface area is 171 Å². The standard InChI is InChI=1S/C24H27NO4/c1-4-6-15-25-21(17-13-11-16(5-2)12-14-17)20(23(27)24(25)28)22(26)18-9-7-8-10-19(18)29-3/h7-14,21,26H,4-6,15H2,1-3H3/b22-20-. The summed E-state index contributed by atoms with van der Waals surface area (Å²) < 4.78 is 5.35. The Morgan fingerprint density at radius 3 is 2.38 bits per heavy atom. The highest BCUT2D eigenvalue weighted by molar-refractivity contribution is 6.46. The van der Waals surface area contributed by atoms with Crippen molar-refractivity contribution in [1.29, 1.82) is 0 Å². The van der Waals surface area contributed by atoms with Crippen molar-refractivity contribution >= 4 is 17.4 Å². The van der Waals surface area contributed by atoms with E-state index < -0.39 is 17.7 Å². The Balaban J connectivity index is 2.18. The maximum atomic E-state index is 13.0. The van der Waals surface area contributed by atoms with Gasteiger partial charge >= 0.3 is 0 Å². The normalized spacial score (nSPS) is 18.3. The van der Waals surface area contributed by atoms with Gasteiger partial charge in [-0.05, 0) is 36.1 Å². The third-order valence-corrected chi connectivity index (χ3v) is 5.36. The number of rotatable bonds is 7. The van der Waals surface area contributed by atoms with Crippen LogP contribution in [-0.4, -0.2) is 35.4 Å². The van der Waals surface area contributed by atoms with Crippen molar-refractivity contribution in [3.63, 3.8) is 0 Å². The summed E-state index contributed by atoms with van der Waals surface area (Å²) in [6, 6.07) is 14.2. The van der Waals surface area contributed by atoms with Crippen LogP contribution in [0, 0.1) is 0 Å². The number of likely N-dealkylation sites (tertiary alicyclic amines) is 1. The molecule has 5 heteroatoms. The molecule has 29 heavy (non-hydrogen) atoms. The average molecular weight is 393 g/mol. The Bertz CT molecular complexity index is 930. The van der Waals surface area contributed by atoms with Gasteiger partial charge in [0.05, 0.1) is 24.3 Å². The monoisotopic (exact) mass is 393 g/mol. The topological polar surface area (TPSA) is 66.8 Å². The smallest absolute Gasteiger partial charge is 0.295 e. The number of hydrogen-bond donors (Lipinski definition) is 1. The number of ether oxygens (including phenoxy) is 1. The molecule has 0 spiro atoms. The highest BCUT2D eigenvalue weighted by Gasteiger charge is 2.45. The second kappa shape index (κ2) is 8.95. The molecule has 3 rings (SSSR count). The minimum atomic E-state index is -0.658. The van der Waals surface area contributed by atoms with E-state index in [2.05, 4.69) is 6.92 Å². The molecule has 1 saturated heterocycles. The minimum Gasteiger partial charge on any atom is -0.507 e. The van der Waals surface area contributed by atoms with Gasteiger partial charge in [-0.3, -0.25) is 9.59 Å². The van der Waals surface area contributed by atoms with Crippen LogP contribution < -0.4 is 4.74 Å². The summed E-state index contributed by atoms with van der Waals surface area (Å²) >= 11 is 0. The van der Waals surface area contributed by atoms with Gasteiger partial charge in [-0.25, -0.2) is 0 Å². The molecular formula is C24H27NO4. The van der Waals surface area contributed by atoms with Gasteiger partial charge in [-0.15, -0.1) is 0 Å². The lowest BCUT2D eigenvalue weighted by Gasteiger charge is -2.25. The van der Waals surface area contributed by atoms with Crippen molar-refractivity contribution in [2.45, 2.75) is 39.2 Å².